The molecule has 0 unspecified atom stereocenters. The molecule has 4 nitrogen and oxygen atoms in total. The molecule has 134 valence electrons. The van der Waals surface area contributed by atoms with Crippen LogP contribution in [-0.2, 0) is 11.3 Å². The lowest BCUT2D eigenvalue weighted by Crippen LogP contribution is -2.41. The Kier molecular flexibility index (Phi) is 5.00. The number of nitrogens with zero attached hydrogens (tertiary/aromatic N) is 1. The molecule has 1 heterocycles. The molecule has 1 saturated heterocycles. The number of carbonyl (C=O) groups is 1. The van der Waals surface area contributed by atoms with E-state index in [2.05, 4.69) is 24.3 Å². The highest BCUT2D eigenvalue weighted by atomic mass is 16.6. The van der Waals surface area contributed by atoms with Crippen LogP contribution in [0.4, 0.5) is 4.79 Å². The van der Waals surface area contributed by atoms with Gasteiger partial charge in [0.15, 0.2) is 0 Å². The Morgan fingerprint density at radius 1 is 1.12 bits per heavy atom. The summed E-state index contributed by atoms with van der Waals surface area (Å²) in [5.74, 6) is 0.473. The molecule has 0 aliphatic carbocycles. The van der Waals surface area contributed by atoms with Gasteiger partial charge in [0.05, 0.1) is 6.61 Å². The molecule has 0 spiro atoms. The molecule has 0 aromatic heterocycles. The number of carbonyl (C=O) groups excluding carboxylic acids is 1. The maximum atomic E-state index is 12.2. The largest absolute Gasteiger partial charge is 0.444 e. The number of fused-ring (bicyclic) bond motifs is 1. The quantitative estimate of drug-likeness (QED) is 0.878. The molecule has 1 fully saturated rings. The fourth-order valence-electron chi connectivity index (χ4n) is 3.39. The van der Waals surface area contributed by atoms with Gasteiger partial charge in [0.25, 0.3) is 0 Å². The molecule has 0 saturated carbocycles. The zero-order valence-corrected chi connectivity index (χ0v) is 15.3. The van der Waals surface area contributed by atoms with Gasteiger partial charge < -0.3 is 14.7 Å². The fourth-order valence-corrected chi connectivity index (χ4v) is 3.39. The zero-order valence-electron chi connectivity index (χ0n) is 15.3. The molecule has 3 rings (SSSR count). The number of aliphatic hydroxyl groups is 1. The highest BCUT2D eigenvalue weighted by Crippen LogP contribution is 2.31. The SMILES string of the molecule is CC(C)(C)OC(=O)N1CCC(c2ccc3cc(CO)ccc3c2)CC1. The molecular weight excluding hydrogens is 314 g/mol. The molecule has 1 aliphatic heterocycles. The average molecular weight is 341 g/mol. The van der Waals surface area contributed by atoms with Gasteiger partial charge in [-0.2, -0.15) is 0 Å². The lowest BCUT2D eigenvalue weighted by atomic mass is 9.88. The summed E-state index contributed by atoms with van der Waals surface area (Å²) < 4.78 is 5.46. The number of hydrogen-bond acceptors (Lipinski definition) is 3. The summed E-state index contributed by atoms with van der Waals surface area (Å²) in [5.41, 5.74) is 1.82. The first-order chi connectivity index (χ1) is 11.9. The number of rotatable bonds is 2. The van der Waals surface area contributed by atoms with E-state index in [1.807, 2.05) is 37.8 Å². The van der Waals surface area contributed by atoms with Crippen LogP contribution in [0.5, 0.6) is 0 Å². The van der Waals surface area contributed by atoms with Gasteiger partial charge in [-0.15, -0.1) is 0 Å². The van der Waals surface area contributed by atoms with Crippen molar-refractivity contribution in [1.29, 1.82) is 0 Å². The minimum Gasteiger partial charge on any atom is -0.444 e. The van der Waals surface area contributed by atoms with Crippen molar-refractivity contribution in [3.63, 3.8) is 0 Å². The maximum absolute atomic E-state index is 12.2. The third kappa shape index (κ3) is 4.31. The number of piperidine rings is 1. The lowest BCUT2D eigenvalue weighted by Gasteiger charge is -2.33. The van der Waals surface area contributed by atoms with Gasteiger partial charge in [0.2, 0.25) is 0 Å². The van der Waals surface area contributed by atoms with Crippen LogP contribution in [0.1, 0.15) is 50.7 Å². The maximum Gasteiger partial charge on any atom is 0.410 e. The predicted molar refractivity (Wildman–Crippen MR) is 99.7 cm³/mol. The van der Waals surface area contributed by atoms with E-state index in [9.17, 15) is 9.90 Å². The minimum absolute atomic E-state index is 0.0703. The summed E-state index contributed by atoms with van der Waals surface area (Å²) in [6.45, 7) is 7.24. The van der Waals surface area contributed by atoms with Crippen LogP contribution in [0.25, 0.3) is 10.8 Å². The van der Waals surface area contributed by atoms with E-state index in [4.69, 9.17) is 4.74 Å². The fraction of sp³-hybridized carbons (Fsp3) is 0.476. The van der Waals surface area contributed by atoms with Gasteiger partial charge in [-0.05, 0) is 67.5 Å². The molecule has 1 aliphatic rings. The van der Waals surface area contributed by atoms with E-state index >= 15 is 0 Å². The van der Waals surface area contributed by atoms with Gasteiger partial charge in [0.1, 0.15) is 5.60 Å². The van der Waals surface area contributed by atoms with Gasteiger partial charge in [-0.25, -0.2) is 4.79 Å². The molecule has 25 heavy (non-hydrogen) atoms. The number of amides is 1. The molecule has 0 atom stereocenters. The van der Waals surface area contributed by atoms with Gasteiger partial charge in [-0.3, -0.25) is 0 Å². The number of likely N-dealkylation sites (tertiary alicyclic amines) is 1. The summed E-state index contributed by atoms with van der Waals surface area (Å²) in [5, 5.41) is 11.6. The van der Waals surface area contributed by atoms with Gasteiger partial charge in [-0.1, -0.05) is 30.3 Å². The summed E-state index contributed by atoms with van der Waals surface area (Å²) in [6.07, 6.45) is 1.71. The van der Waals surface area contributed by atoms with Crippen molar-refractivity contribution < 1.29 is 14.6 Å². The summed E-state index contributed by atoms with van der Waals surface area (Å²) in [6, 6.07) is 12.6. The smallest absolute Gasteiger partial charge is 0.410 e. The Morgan fingerprint density at radius 3 is 2.40 bits per heavy atom. The number of aliphatic hydroxyl groups excluding tert-OH is 1. The summed E-state index contributed by atoms with van der Waals surface area (Å²) >= 11 is 0. The Morgan fingerprint density at radius 2 is 1.76 bits per heavy atom. The van der Waals surface area contributed by atoms with E-state index in [0.717, 1.165) is 36.9 Å². The van der Waals surface area contributed by atoms with Crippen molar-refractivity contribution in [2.45, 2.75) is 51.7 Å². The first kappa shape index (κ1) is 17.7. The molecule has 2 aromatic rings. The Bertz CT molecular complexity index is 755. The van der Waals surface area contributed by atoms with Crippen LogP contribution < -0.4 is 0 Å². The second kappa shape index (κ2) is 7.04. The third-order valence-corrected chi connectivity index (χ3v) is 4.73. The lowest BCUT2D eigenvalue weighted by molar-refractivity contribution is 0.0205. The highest BCUT2D eigenvalue weighted by molar-refractivity contribution is 5.84. The van der Waals surface area contributed by atoms with Crippen molar-refractivity contribution in [3.8, 4) is 0 Å². The van der Waals surface area contributed by atoms with Crippen molar-refractivity contribution in [3.05, 3.63) is 47.5 Å². The monoisotopic (exact) mass is 341 g/mol. The summed E-state index contributed by atoms with van der Waals surface area (Å²) in [7, 11) is 0. The van der Waals surface area contributed by atoms with Crippen molar-refractivity contribution in [1.82, 2.24) is 4.90 Å². The van der Waals surface area contributed by atoms with Crippen LogP contribution in [-0.4, -0.2) is 34.8 Å². The van der Waals surface area contributed by atoms with Crippen LogP contribution >= 0.6 is 0 Å². The standard InChI is InChI=1S/C21H27NO3/c1-21(2,3)25-20(24)22-10-8-16(9-11-22)18-7-6-17-12-15(14-23)4-5-19(17)13-18/h4-7,12-13,16,23H,8-11,14H2,1-3H3. The number of ether oxygens (including phenoxy) is 1. The molecule has 2 aromatic carbocycles. The molecule has 0 bridgehead atoms. The van der Waals surface area contributed by atoms with Crippen LogP contribution in [0.15, 0.2) is 36.4 Å². The Balaban J connectivity index is 1.66. The molecule has 4 heteroatoms. The second-order valence-electron chi connectivity index (χ2n) is 7.84. The van der Waals surface area contributed by atoms with Gasteiger partial charge in [0, 0.05) is 13.1 Å². The highest BCUT2D eigenvalue weighted by Gasteiger charge is 2.27. The number of hydrogen-bond donors (Lipinski definition) is 1. The number of benzene rings is 2. The first-order valence-electron chi connectivity index (χ1n) is 8.97. The van der Waals surface area contributed by atoms with E-state index in [1.54, 1.807) is 0 Å². The minimum atomic E-state index is -0.445. The topological polar surface area (TPSA) is 49.8 Å². The molecule has 1 N–H and O–H groups in total. The molecular formula is C21H27NO3. The van der Waals surface area contributed by atoms with E-state index in [0.29, 0.717) is 5.92 Å². The van der Waals surface area contributed by atoms with Crippen LogP contribution in [0, 0.1) is 0 Å². The van der Waals surface area contributed by atoms with Gasteiger partial charge >= 0.3 is 6.09 Å². The first-order valence-corrected chi connectivity index (χ1v) is 8.97. The van der Waals surface area contributed by atoms with Crippen LogP contribution in [0.2, 0.25) is 0 Å². The van der Waals surface area contributed by atoms with Crippen molar-refractivity contribution in [2.24, 2.45) is 0 Å². The summed E-state index contributed by atoms with van der Waals surface area (Å²) in [4.78, 5) is 14.0. The molecule has 0 radical (unpaired) electrons. The van der Waals surface area contributed by atoms with Crippen molar-refractivity contribution in [2.75, 3.05) is 13.1 Å². The second-order valence-corrected chi connectivity index (χ2v) is 7.84. The Labute approximate surface area is 149 Å². The van der Waals surface area contributed by atoms with E-state index < -0.39 is 5.60 Å². The normalized spacial score (nSPS) is 16.2. The predicted octanol–water partition coefficient (Wildman–Crippen LogP) is 4.45. The third-order valence-electron chi connectivity index (χ3n) is 4.73. The van der Waals surface area contributed by atoms with Crippen molar-refractivity contribution >= 4 is 16.9 Å². The van der Waals surface area contributed by atoms with E-state index in [1.165, 1.54) is 10.9 Å². The van der Waals surface area contributed by atoms with E-state index in [-0.39, 0.29) is 12.7 Å². The Hall–Kier alpha value is -2.07. The average Bonchev–Trinajstić information content (AvgIpc) is 2.59. The van der Waals surface area contributed by atoms with Crippen LogP contribution in [0.3, 0.4) is 0 Å². The zero-order chi connectivity index (χ0) is 18.0. The molecule has 1 amide bonds.